The summed E-state index contributed by atoms with van der Waals surface area (Å²) in [5.74, 6) is 0.881. The monoisotopic (exact) mass is 212 g/mol. The molecule has 2 rings (SSSR count). The Morgan fingerprint density at radius 2 is 2.21 bits per heavy atom. The van der Waals surface area contributed by atoms with E-state index in [0.717, 1.165) is 22.8 Å². The van der Waals surface area contributed by atoms with Gasteiger partial charge in [-0.05, 0) is 24.1 Å². The Morgan fingerprint density at radius 3 is 3.00 bits per heavy atom. The molecule has 2 nitrogen and oxygen atoms in total. The van der Waals surface area contributed by atoms with E-state index < -0.39 is 0 Å². The van der Waals surface area contributed by atoms with Crippen LogP contribution in [0, 0.1) is 0 Å². The summed E-state index contributed by atoms with van der Waals surface area (Å²) in [6.07, 6.45) is 0.954. The summed E-state index contributed by atoms with van der Waals surface area (Å²) in [7, 11) is 0. The predicted octanol–water partition coefficient (Wildman–Crippen LogP) is 2.81. The fourth-order valence-corrected chi connectivity index (χ4v) is 1.89. The predicted molar refractivity (Wildman–Crippen MR) is 56.0 cm³/mol. The smallest absolute Gasteiger partial charge is 0.126 e. The Balaban J connectivity index is 2.46. The fourth-order valence-electron chi connectivity index (χ4n) is 1.66. The van der Waals surface area contributed by atoms with E-state index in [1.165, 1.54) is 5.56 Å². The minimum atomic E-state index is 0.608. The van der Waals surface area contributed by atoms with Crippen molar-refractivity contribution < 1.29 is 9.47 Å². The largest absolute Gasteiger partial charge is 0.491 e. The Labute approximate surface area is 88.8 Å². The van der Waals surface area contributed by atoms with Crippen LogP contribution in [-0.2, 0) is 17.8 Å². The van der Waals surface area contributed by atoms with Gasteiger partial charge >= 0.3 is 0 Å². The molecule has 0 atom stereocenters. The summed E-state index contributed by atoms with van der Waals surface area (Å²) < 4.78 is 11.0. The Morgan fingerprint density at radius 1 is 1.36 bits per heavy atom. The molecule has 0 spiro atoms. The average Bonchev–Trinajstić information content (AvgIpc) is 2.41. The van der Waals surface area contributed by atoms with E-state index in [9.17, 15) is 0 Å². The van der Waals surface area contributed by atoms with Gasteiger partial charge < -0.3 is 9.47 Å². The van der Waals surface area contributed by atoms with Crippen molar-refractivity contribution in [2.45, 2.75) is 20.0 Å². The van der Waals surface area contributed by atoms with Gasteiger partial charge in [0.25, 0.3) is 0 Å². The molecule has 1 aliphatic heterocycles. The molecule has 0 saturated carbocycles. The van der Waals surface area contributed by atoms with E-state index in [2.05, 4.69) is 6.92 Å². The van der Waals surface area contributed by atoms with Crippen LogP contribution in [0.4, 0.5) is 0 Å². The molecule has 14 heavy (non-hydrogen) atoms. The van der Waals surface area contributed by atoms with Crippen molar-refractivity contribution in [1.82, 2.24) is 0 Å². The maximum atomic E-state index is 5.99. The van der Waals surface area contributed by atoms with Gasteiger partial charge in [-0.1, -0.05) is 18.5 Å². The summed E-state index contributed by atoms with van der Waals surface area (Å²) in [5.41, 5.74) is 2.36. The van der Waals surface area contributed by atoms with E-state index in [1.807, 2.05) is 12.1 Å². The van der Waals surface area contributed by atoms with Crippen LogP contribution in [0.3, 0.4) is 0 Å². The zero-order valence-corrected chi connectivity index (χ0v) is 8.93. The highest BCUT2D eigenvalue weighted by atomic mass is 35.5. The third kappa shape index (κ3) is 1.86. The maximum absolute atomic E-state index is 5.99. The molecular formula is C11H13ClO2. The van der Waals surface area contributed by atoms with Crippen LogP contribution < -0.4 is 4.74 Å². The van der Waals surface area contributed by atoms with Crippen LogP contribution in [0.2, 0.25) is 5.02 Å². The standard InChI is InChI=1S/C11H13ClO2/c1-2-8-5-9(12)6-11-10(8)7-13-3-4-14-11/h5-6H,2-4,7H2,1H3. The Kier molecular flexibility index (Phi) is 2.94. The molecule has 3 heteroatoms. The van der Waals surface area contributed by atoms with Crippen molar-refractivity contribution in [1.29, 1.82) is 0 Å². The van der Waals surface area contributed by atoms with Gasteiger partial charge in [-0.2, -0.15) is 0 Å². The molecule has 0 radical (unpaired) electrons. The minimum absolute atomic E-state index is 0.608. The first-order chi connectivity index (χ1) is 6.81. The van der Waals surface area contributed by atoms with Crippen molar-refractivity contribution in [3.8, 4) is 5.75 Å². The summed E-state index contributed by atoms with van der Waals surface area (Å²) in [5, 5.41) is 0.738. The molecule has 0 N–H and O–H groups in total. The van der Waals surface area contributed by atoms with Crippen molar-refractivity contribution in [2.75, 3.05) is 13.2 Å². The average molecular weight is 213 g/mol. The number of aryl methyl sites for hydroxylation is 1. The van der Waals surface area contributed by atoms with Crippen LogP contribution in [0.25, 0.3) is 0 Å². The number of benzene rings is 1. The summed E-state index contributed by atoms with van der Waals surface area (Å²) in [4.78, 5) is 0. The normalized spacial score (nSPS) is 15.6. The Hall–Kier alpha value is -0.730. The van der Waals surface area contributed by atoms with Gasteiger partial charge in [0.15, 0.2) is 0 Å². The highest BCUT2D eigenvalue weighted by molar-refractivity contribution is 6.30. The lowest BCUT2D eigenvalue weighted by atomic mass is 10.0. The molecule has 0 bridgehead atoms. The van der Waals surface area contributed by atoms with Crippen molar-refractivity contribution in [2.24, 2.45) is 0 Å². The first kappa shape index (κ1) is 9.81. The quantitative estimate of drug-likeness (QED) is 0.713. The second kappa shape index (κ2) is 4.20. The van der Waals surface area contributed by atoms with E-state index in [1.54, 1.807) is 0 Å². The van der Waals surface area contributed by atoms with Crippen LogP contribution >= 0.6 is 11.6 Å². The van der Waals surface area contributed by atoms with Gasteiger partial charge in [-0.25, -0.2) is 0 Å². The van der Waals surface area contributed by atoms with Crippen LogP contribution in [0.5, 0.6) is 5.75 Å². The topological polar surface area (TPSA) is 18.5 Å². The summed E-state index contributed by atoms with van der Waals surface area (Å²) in [6, 6.07) is 3.85. The van der Waals surface area contributed by atoms with E-state index in [4.69, 9.17) is 21.1 Å². The Bertz CT molecular complexity index is 336. The van der Waals surface area contributed by atoms with E-state index in [0.29, 0.717) is 19.8 Å². The molecular weight excluding hydrogens is 200 g/mol. The van der Waals surface area contributed by atoms with Crippen molar-refractivity contribution in [3.63, 3.8) is 0 Å². The van der Waals surface area contributed by atoms with Gasteiger partial charge in [-0.3, -0.25) is 0 Å². The van der Waals surface area contributed by atoms with Gasteiger partial charge in [0.05, 0.1) is 13.2 Å². The minimum Gasteiger partial charge on any atom is -0.491 e. The third-order valence-corrected chi connectivity index (χ3v) is 2.60. The van der Waals surface area contributed by atoms with Crippen LogP contribution in [-0.4, -0.2) is 13.2 Å². The van der Waals surface area contributed by atoms with Crippen LogP contribution in [0.1, 0.15) is 18.1 Å². The maximum Gasteiger partial charge on any atom is 0.126 e. The molecule has 0 aromatic heterocycles. The second-order valence-electron chi connectivity index (χ2n) is 3.30. The molecule has 0 saturated heterocycles. The van der Waals surface area contributed by atoms with Gasteiger partial charge in [0.1, 0.15) is 12.4 Å². The zero-order chi connectivity index (χ0) is 9.97. The van der Waals surface area contributed by atoms with E-state index in [-0.39, 0.29) is 0 Å². The zero-order valence-electron chi connectivity index (χ0n) is 8.18. The summed E-state index contributed by atoms with van der Waals surface area (Å²) in [6.45, 7) is 4.00. The lowest BCUT2D eigenvalue weighted by Crippen LogP contribution is -2.01. The number of hydrogen-bond donors (Lipinski definition) is 0. The fraction of sp³-hybridized carbons (Fsp3) is 0.455. The molecule has 0 fully saturated rings. The van der Waals surface area contributed by atoms with Gasteiger partial charge in [0.2, 0.25) is 0 Å². The molecule has 1 aliphatic rings. The number of hydrogen-bond acceptors (Lipinski definition) is 2. The molecule has 0 unspecified atom stereocenters. The first-order valence-electron chi connectivity index (χ1n) is 4.83. The summed E-state index contributed by atoms with van der Waals surface area (Å²) >= 11 is 5.99. The molecule has 1 heterocycles. The van der Waals surface area contributed by atoms with Crippen LogP contribution in [0.15, 0.2) is 12.1 Å². The van der Waals surface area contributed by atoms with Gasteiger partial charge in [0, 0.05) is 10.6 Å². The molecule has 0 aliphatic carbocycles. The second-order valence-corrected chi connectivity index (χ2v) is 3.73. The lowest BCUT2D eigenvalue weighted by molar-refractivity contribution is 0.106. The van der Waals surface area contributed by atoms with E-state index >= 15 is 0 Å². The third-order valence-electron chi connectivity index (χ3n) is 2.38. The van der Waals surface area contributed by atoms with Crippen molar-refractivity contribution >= 4 is 11.6 Å². The highest BCUT2D eigenvalue weighted by Gasteiger charge is 2.13. The number of rotatable bonds is 1. The van der Waals surface area contributed by atoms with Gasteiger partial charge in [-0.15, -0.1) is 0 Å². The first-order valence-corrected chi connectivity index (χ1v) is 5.21. The molecule has 1 aromatic rings. The number of halogens is 1. The highest BCUT2D eigenvalue weighted by Crippen LogP contribution is 2.29. The molecule has 0 amide bonds. The lowest BCUT2D eigenvalue weighted by Gasteiger charge is -2.10. The number of fused-ring (bicyclic) bond motifs is 1. The number of ether oxygens (including phenoxy) is 2. The molecule has 1 aromatic carbocycles. The SMILES string of the molecule is CCc1cc(Cl)cc2c1COCCO2. The molecule has 76 valence electrons. The van der Waals surface area contributed by atoms with Crippen molar-refractivity contribution in [3.05, 3.63) is 28.3 Å².